The van der Waals surface area contributed by atoms with Gasteiger partial charge in [-0.1, -0.05) is 6.07 Å². The highest BCUT2D eigenvalue weighted by atomic mass is 32.2. The number of amides is 2. The average molecular weight is 437 g/mol. The van der Waals surface area contributed by atoms with Crippen LogP contribution in [0.5, 0.6) is 11.5 Å². The van der Waals surface area contributed by atoms with Crippen LogP contribution in [-0.2, 0) is 23.9 Å². The van der Waals surface area contributed by atoms with Crippen molar-refractivity contribution in [2.24, 2.45) is 0 Å². The van der Waals surface area contributed by atoms with Gasteiger partial charge in [-0.2, -0.15) is 0 Å². The van der Waals surface area contributed by atoms with Crippen molar-refractivity contribution < 1.29 is 38.1 Å². The minimum absolute atomic E-state index is 0.161. The summed E-state index contributed by atoms with van der Waals surface area (Å²) in [5.74, 6) is -1.07. The number of imide groups is 1. The first-order chi connectivity index (χ1) is 14.2. The molecular weight excluding hydrogens is 414 g/mol. The van der Waals surface area contributed by atoms with Gasteiger partial charge in [0.15, 0.2) is 18.1 Å². The number of carbonyl (C=O) groups is 4. The predicted octanol–water partition coefficient (Wildman–Crippen LogP) is 2.63. The Balaban J connectivity index is 2.11. The second kappa shape index (κ2) is 10.7. The van der Waals surface area contributed by atoms with Crippen LogP contribution in [0.1, 0.15) is 26.3 Å². The van der Waals surface area contributed by atoms with Gasteiger partial charge in [0.25, 0.3) is 11.1 Å². The summed E-state index contributed by atoms with van der Waals surface area (Å²) >= 11 is 0.732. The maximum absolute atomic E-state index is 12.4. The van der Waals surface area contributed by atoms with E-state index >= 15 is 0 Å². The fraction of sp³-hybridized carbons (Fsp3) is 0.400. The van der Waals surface area contributed by atoms with E-state index in [-0.39, 0.29) is 24.2 Å². The quantitative estimate of drug-likeness (QED) is 0.425. The molecule has 1 fully saturated rings. The minimum atomic E-state index is -0.653. The lowest BCUT2D eigenvalue weighted by Crippen LogP contribution is -2.34. The van der Waals surface area contributed by atoms with Crippen molar-refractivity contribution in [3.63, 3.8) is 0 Å². The number of benzene rings is 1. The third kappa shape index (κ3) is 6.24. The summed E-state index contributed by atoms with van der Waals surface area (Å²) in [6, 6.07) is 4.82. The molecule has 1 saturated heterocycles. The second-order valence-electron chi connectivity index (χ2n) is 6.31. The molecule has 0 bridgehead atoms. The largest absolute Gasteiger partial charge is 0.493 e. The van der Waals surface area contributed by atoms with E-state index in [1.807, 2.05) is 0 Å². The van der Waals surface area contributed by atoms with E-state index in [1.54, 1.807) is 39.0 Å². The van der Waals surface area contributed by atoms with Crippen LogP contribution in [0.4, 0.5) is 4.79 Å². The summed E-state index contributed by atoms with van der Waals surface area (Å²) in [5, 5.41) is -0.546. The highest BCUT2D eigenvalue weighted by molar-refractivity contribution is 8.18. The first-order valence-electron chi connectivity index (χ1n) is 9.16. The van der Waals surface area contributed by atoms with E-state index in [0.717, 1.165) is 16.7 Å². The highest BCUT2D eigenvalue weighted by Gasteiger charge is 2.36. The monoisotopic (exact) mass is 437 g/mol. The van der Waals surface area contributed by atoms with Gasteiger partial charge >= 0.3 is 11.9 Å². The van der Waals surface area contributed by atoms with Crippen LogP contribution in [0.2, 0.25) is 0 Å². The number of hydrogen-bond donors (Lipinski definition) is 0. The highest BCUT2D eigenvalue weighted by Crippen LogP contribution is 2.34. The van der Waals surface area contributed by atoms with Crippen LogP contribution in [0.25, 0.3) is 6.08 Å². The lowest BCUT2D eigenvalue weighted by molar-refractivity contribution is -0.149. The molecule has 2 amide bonds. The zero-order chi connectivity index (χ0) is 22.3. The van der Waals surface area contributed by atoms with E-state index in [0.29, 0.717) is 17.1 Å². The van der Waals surface area contributed by atoms with Gasteiger partial charge in [0.2, 0.25) is 0 Å². The van der Waals surface area contributed by atoms with E-state index in [9.17, 15) is 19.2 Å². The molecule has 1 aliphatic rings. The molecule has 1 aliphatic heterocycles. The second-order valence-corrected chi connectivity index (χ2v) is 7.30. The summed E-state index contributed by atoms with van der Waals surface area (Å²) in [4.78, 5) is 48.7. The third-order valence-electron chi connectivity index (χ3n) is 3.66. The summed E-state index contributed by atoms with van der Waals surface area (Å²) < 4.78 is 20.5. The zero-order valence-electron chi connectivity index (χ0n) is 17.1. The van der Waals surface area contributed by atoms with Crippen molar-refractivity contribution in [3.8, 4) is 11.5 Å². The molecule has 1 heterocycles. The predicted molar refractivity (Wildman–Crippen MR) is 109 cm³/mol. The van der Waals surface area contributed by atoms with Crippen molar-refractivity contribution in [1.29, 1.82) is 0 Å². The standard InChI is InChI=1S/C20H23NO8S/c1-5-27-17(22)10-21-19(24)16(30-20(21)25)9-13-6-7-14(15(8-13)26-4)28-11-18(23)29-12(2)3/h6-9,12H,5,10-11H2,1-4H3/b16-9-. The molecule has 0 atom stereocenters. The van der Waals surface area contributed by atoms with Gasteiger partial charge in [-0.15, -0.1) is 0 Å². The molecule has 0 saturated carbocycles. The summed E-state index contributed by atoms with van der Waals surface area (Å²) in [7, 11) is 1.44. The fourth-order valence-corrected chi connectivity index (χ4v) is 3.29. The van der Waals surface area contributed by atoms with Crippen LogP contribution in [0.15, 0.2) is 23.1 Å². The number of rotatable bonds is 9. The van der Waals surface area contributed by atoms with E-state index in [4.69, 9.17) is 18.9 Å². The summed E-state index contributed by atoms with van der Waals surface area (Å²) in [5.41, 5.74) is 0.575. The maximum atomic E-state index is 12.4. The SMILES string of the molecule is CCOC(=O)CN1C(=O)S/C(=C\c2ccc(OCC(=O)OC(C)C)c(OC)c2)C1=O. The Labute approximate surface area is 178 Å². The number of nitrogens with zero attached hydrogens (tertiary/aromatic N) is 1. The van der Waals surface area contributed by atoms with Crippen LogP contribution >= 0.6 is 11.8 Å². The van der Waals surface area contributed by atoms with Crippen molar-refractivity contribution in [2.75, 3.05) is 26.9 Å². The lowest BCUT2D eigenvalue weighted by atomic mass is 10.2. The van der Waals surface area contributed by atoms with Gasteiger partial charge in [0.1, 0.15) is 6.54 Å². The number of methoxy groups -OCH3 is 1. The number of thioether (sulfide) groups is 1. The van der Waals surface area contributed by atoms with Gasteiger partial charge in [-0.3, -0.25) is 19.3 Å². The Bertz CT molecular complexity index is 864. The van der Waals surface area contributed by atoms with Gasteiger partial charge in [-0.05, 0) is 56.3 Å². The normalized spacial score (nSPS) is 15.0. The third-order valence-corrected chi connectivity index (χ3v) is 4.57. The molecule has 2 rings (SSSR count). The Hall–Kier alpha value is -3.01. The molecule has 0 spiro atoms. The number of hydrogen-bond acceptors (Lipinski definition) is 9. The minimum Gasteiger partial charge on any atom is -0.493 e. The van der Waals surface area contributed by atoms with Crippen molar-refractivity contribution in [3.05, 3.63) is 28.7 Å². The van der Waals surface area contributed by atoms with Crippen LogP contribution in [0.3, 0.4) is 0 Å². The Morgan fingerprint density at radius 2 is 1.90 bits per heavy atom. The van der Waals surface area contributed by atoms with E-state index in [1.165, 1.54) is 13.2 Å². The van der Waals surface area contributed by atoms with E-state index < -0.39 is 29.6 Å². The van der Waals surface area contributed by atoms with Gasteiger partial charge in [0.05, 0.1) is 24.7 Å². The summed E-state index contributed by atoms with van der Waals surface area (Å²) in [6.07, 6.45) is 1.26. The number of esters is 2. The summed E-state index contributed by atoms with van der Waals surface area (Å²) in [6.45, 7) is 4.57. The van der Waals surface area contributed by atoms with Crippen LogP contribution in [-0.4, -0.2) is 61.0 Å². The molecule has 0 N–H and O–H groups in total. The molecule has 0 unspecified atom stereocenters. The molecule has 10 heteroatoms. The number of ether oxygens (including phenoxy) is 4. The maximum Gasteiger partial charge on any atom is 0.344 e. The topological polar surface area (TPSA) is 108 Å². The molecule has 9 nitrogen and oxygen atoms in total. The first kappa shape index (κ1) is 23.3. The smallest absolute Gasteiger partial charge is 0.344 e. The van der Waals surface area contributed by atoms with Crippen molar-refractivity contribution >= 4 is 40.9 Å². The van der Waals surface area contributed by atoms with Crippen LogP contribution < -0.4 is 9.47 Å². The Morgan fingerprint density at radius 3 is 2.53 bits per heavy atom. The van der Waals surface area contributed by atoms with Gasteiger partial charge < -0.3 is 18.9 Å². The zero-order valence-corrected chi connectivity index (χ0v) is 17.9. The molecule has 1 aromatic carbocycles. The van der Waals surface area contributed by atoms with Gasteiger partial charge in [-0.25, -0.2) is 4.79 Å². The molecule has 162 valence electrons. The van der Waals surface area contributed by atoms with Crippen molar-refractivity contribution in [1.82, 2.24) is 4.90 Å². The molecule has 0 aromatic heterocycles. The fourth-order valence-electron chi connectivity index (χ4n) is 2.45. The molecule has 0 aliphatic carbocycles. The average Bonchev–Trinajstić information content (AvgIpc) is 2.93. The Morgan fingerprint density at radius 1 is 1.17 bits per heavy atom. The molecule has 30 heavy (non-hydrogen) atoms. The molecule has 0 radical (unpaired) electrons. The Kier molecular flexibility index (Phi) is 8.28. The lowest BCUT2D eigenvalue weighted by Gasteiger charge is -2.12. The van der Waals surface area contributed by atoms with E-state index in [2.05, 4.69) is 0 Å². The molecule has 1 aromatic rings. The molecular formula is C20H23NO8S. The van der Waals surface area contributed by atoms with Crippen molar-refractivity contribution in [2.45, 2.75) is 26.9 Å². The number of carbonyl (C=O) groups excluding carboxylic acids is 4. The first-order valence-corrected chi connectivity index (χ1v) is 9.98. The van der Waals surface area contributed by atoms with Crippen LogP contribution in [0, 0.1) is 0 Å². The van der Waals surface area contributed by atoms with Gasteiger partial charge in [0, 0.05) is 0 Å².